The fraction of sp³-hybridized carbons (Fsp3) is 0.375. The molecule has 0 radical (unpaired) electrons. The Morgan fingerprint density at radius 3 is 2.50 bits per heavy atom. The molecular formula is C16H19N3O. The highest BCUT2D eigenvalue weighted by Gasteiger charge is 2.16. The van der Waals surface area contributed by atoms with E-state index < -0.39 is 0 Å². The van der Waals surface area contributed by atoms with Gasteiger partial charge < -0.3 is 10.5 Å². The fourth-order valence-corrected chi connectivity index (χ4v) is 2.60. The van der Waals surface area contributed by atoms with Crippen LogP contribution in [0.4, 0.5) is 5.69 Å². The zero-order chi connectivity index (χ0) is 13.9. The predicted octanol–water partition coefficient (Wildman–Crippen LogP) is 3.36. The van der Waals surface area contributed by atoms with E-state index in [2.05, 4.69) is 9.97 Å². The molecule has 1 aromatic heterocycles. The van der Waals surface area contributed by atoms with Gasteiger partial charge in [0.15, 0.2) is 0 Å². The maximum absolute atomic E-state index is 6.03. The lowest BCUT2D eigenvalue weighted by Gasteiger charge is -2.13. The van der Waals surface area contributed by atoms with Crippen LogP contribution in [0.2, 0.25) is 0 Å². The van der Waals surface area contributed by atoms with Crippen LogP contribution in [-0.4, -0.2) is 16.1 Å². The van der Waals surface area contributed by atoms with Crippen molar-refractivity contribution in [3.63, 3.8) is 0 Å². The number of ether oxygens (including phenoxy) is 1. The minimum absolute atomic E-state index is 0.382. The van der Waals surface area contributed by atoms with E-state index in [1.54, 1.807) is 6.33 Å². The number of benzene rings is 1. The van der Waals surface area contributed by atoms with E-state index in [0.29, 0.717) is 11.8 Å². The monoisotopic (exact) mass is 269 g/mol. The third-order valence-corrected chi connectivity index (χ3v) is 3.82. The van der Waals surface area contributed by atoms with E-state index >= 15 is 0 Å². The van der Waals surface area contributed by atoms with Crippen LogP contribution in [0.15, 0.2) is 30.6 Å². The van der Waals surface area contributed by atoms with E-state index in [-0.39, 0.29) is 0 Å². The summed E-state index contributed by atoms with van der Waals surface area (Å²) in [5.41, 5.74) is 9.25. The molecule has 20 heavy (non-hydrogen) atoms. The molecule has 2 N–H and O–H groups in total. The molecule has 1 aliphatic carbocycles. The Morgan fingerprint density at radius 2 is 1.80 bits per heavy atom. The van der Waals surface area contributed by atoms with E-state index in [9.17, 15) is 0 Å². The summed E-state index contributed by atoms with van der Waals surface area (Å²) in [5.74, 6) is 0.921. The molecule has 4 nitrogen and oxygen atoms in total. The van der Waals surface area contributed by atoms with Gasteiger partial charge in [-0.15, -0.1) is 0 Å². The summed E-state index contributed by atoms with van der Waals surface area (Å²) in [7, 11) is 0. The first-order chi connectivity index (χ1) is 9.74. The van der Waals surface area contributed by atoms with Gasteiger partial charge in [0.05, 0.1) is 23.2 Å². The molecule has 3 rings (SSSR count). The van der Waals surface area contributed by atoms with Gasteiger partial charge in [-0.25, -0.2) is 9.97 Å². The summed E-state index contributed by atoms with van der Waals surface area (Å²) in [6, 6.07) is 7.99. The Hall–Kier alpha value is -2.10. The minimum Gasteiger partial charge on any atom is -0.490 e. The highest BCUT2D eigenvalue weighted by Crippen LogP contribution is 2.28. The number of aryl methyl sites for hydroxylation is 1. The second kappa shape index (κ2) is 5.49. The van der Waals surface area contributed by atoms with Crippen LogP contribution in [0.25, 0.3) is 11.3 Å². The Bertz CT molecular complexity index is 589. The number of rotatable bonds is 3. The minimum atomic E-state index is 0.382. The van der Waals surface area contributed by atoms with Crippen molar-refractivity contribution in [2.24, 2.45) is 0 Å². The summed E-state index contributed by atoms with van der Waals surface area (Å²) < 4.78 is 5.96. The lowest BCUT2D eigenvalue weighted by atomic mass is 10.1. The second-order valence-electron chi connectivity index (χ2n) is 5.27. The number of aromatic nitrogens is 2. The molecule has 2 aromatic rings. The molecule has 0 unspecified atom stereocenters. The molecule has 0 bridgehead atoms. The fourth-order valence-electron chi connectivity index (χ4n) is 2.60. The highest BCUT2D eigenvalue weighted by atomic mass is 16.5. The van der Waals surface area contributed by atoms with Gasteiger partial charge in [-0.1, -0.05) is 0 Å². The number of nitrogens with two attached hydrogens (primary N) is 1. The first-order valence-electron chi connectivity index (χ1n) is 7.08. The molecule has 1 aliphatic rings. The summed E-state index contributed by atoms with van der Waals surface area (Å²) in [5, 5.41) is 0. The number of hydrogen-bond acceptors (Lipinski definition) is 4. The van der Waals surface area contributed by atoms with Crippen molar-refractivity contribution in [2.45, 2.75) is 38.7 Å². The van der Waals surface area contributed by atoms with Crippen molar-refractivity contribution < 1.29 is 4.74 Å². The molecule has 1 saturated carbocycles. The van der Waals surface area contributed by atoms with Crippen LogP contribution < -0.4 is 10.5 Å². The Morgan fingerprint density at radius 1 is 1.10 bits per heavy atom. The quantitative estimate of drug-likeness (QED) is 0.928. The van der Waals surface area contributed by atoms with Crippen LogP contribution in [0.3, 0.4) is 0 Å². The standard InChI is InChI=1S/C16H19N3O/c1-11-15(17)16(19-10-18-11)12-6-8-14(9-7-12)20-13-4-2-3-5-13/h6-10,13H,2-5,17H2,1H3. The summed E-state index contributed by atoms with van der Waals surface area (Å²) >= 11 is 0. The highest BCUT2D eigenvalue weighted by molar-refractivity contribution is 5.73. The Kier molecular flexibility index (Phi) is 3.54. The van der Waals surface area contributed by atoms with Crippen molar-refractivity contribution in [3.05, 3.63) is 36.3 Å². The van der Waals surface area contributed by atoms with Gasteiger partial charge in [-0.2, -0.15) is 0 Å². The zero-order valence-electron chi connectivity index (χ0n) is 11.7. The molecule has 0 spiro atoms. The van der Waals surface area contributed by atoms with Crippen LogP contribution >= 0.6 is 0 Å². The maximum Gasteiger partial charge on any atom is 0.119 e. The number of nitrogen functional groups attached to an aromatic ring is 1. The van der Waals surface area contributed by atoms with Crippen LogP contribution in [0.5, 0.6) is 5.75 Å². The van der Waals surface area contributed by atoms with E-state index in [1.807, 2.05) is 31.2 Å². The van der Waals surface area contributed by atoms with Crippen molar-refractivity contribution in [2.75, 3.05) is 5.73 Å². The molecule has 0 saturated heterocycles. The normalized spacial score (nSPS) is 15.4. The molecule has 104 valence electrons. The smallest absolute Gasteiger partial charge is 0.119 e. The number of hydrogen-bond donors (Lipinski definition) is 1. The van der Waals surface area contributed by atoms with Gasteiger partial charge in [-0.3, -0.25) is 0 Å². The van der Waals surface area contributed by atoms with Crippen LogP contribution in [-0.2, 0) is 0 Å². The Balaban J connectivity index is 1.80. The molecule has 0 aliphatic heterocycles. The predicted molar refractivity (Wildman–Crippen MR) is 79.5 cm³/mol. The SMILES string of the molecule is Cc1ncnc(-c2ccc(OC3CCCC3)cc2)c1N. The summed E-state index contributed by atoms with van der Waals surface area (Å²) in [4.78, 5) is 8.36. The van der Waals surface area contributed by atoms with Gasteiger partial charge in [0.25, 0.3) is 0 Å². The van der Waals surface area contributed by atoms with E-state index in [4.69, 9.17) is 10.5 Å². The second-order valence-corrected chi connectivity index (χ2v) is 5.27. The maximum atomic E-state index is 6.03. The first kappa shape index (κ1) is 12.9. The third kappa shape index (κ3) is 2.59. The molecule has 0 atom stereocenters. The summed E-state index contributed by atoms with van der Waals surface area (Å²) in [6.45, 7) is 1.89. The first-order valence-corrected chi connectivity index (χ1v) is 7.08. The summed E-state index contributed by atoms with van der Waals surface area (Å²) in [6.07, 6.45) is 6.81. The molecule has 1 aromatic carbocycles. The molecule has 1 heterocycles. The van der Waals surface area contributed by atoms with Gasteiger partial charge in [-0.05, 0) is 56.9 Å². The number of nitrogens with zero attached hydrogens (tertiary/aromatic N) is 2. The molecular weight excluding hydrogens is 250 g/mol. The Labute approximate surface area is 119 Å². The average molecular weight is 269 g/mol. The largest absolute Gasteiger partial charge is 0.490 e. The van der Waals surface area contributed by atoms with Crippen molar-refractivity contribution in [3.8, 4) is 17.0 Å². The molecule has 0 amide bonds. The van der Waals surface area contributed by atoms with E-state index in [0.717, 1.165) is 22.7 Å². The van der Waals surface area contributed by atoms with E-state index in [1.165, 1.54) is 25.7 Å². The van der Waals surface area contributed by atoms with Gasteiger partial charge >= 0.3 is 0 Å². The lowest BCUT2D eigenvalue weighted by Crippen LogP contribution is -2.10. The average Bonchev–Trinajstić information content (AvgIpc) is 2.96. The zero-order valence-corrected chi connectivity index (χ0v) is 11.7. The van der Waals surface area contributed by atoms with Crippen molar-refractivity contribution in [1.29, 1.82) is 0 Å². The van der Waals surface area contributed by atoms with Crippen molar-refractivity contribution in [1.82, 2.24) is 9.97 Å². The van der Waals surface area contributed by atoms with Crippen molar-refractivity contribution >= 4 is 5.69 Å². The topological polar surface area (TPSA) is 61.0 Å². The molecule has 4 heteroatoms. The van der Waals surface area contributed by atoms with Gasteiger partial charge in [0.1, 0.15) is 12.1 Å². The van der Waals surface area contributed by atoms with Gasteiger partial charge in [0.2, 0.25) is 0 Å². The molecule has 1 fully saturated rings. The van der Waals surface area contributed by atoms with Gasteiger partial charge in [0, 0.05) is 5.56 Å². The third-order valence-electron chi connectivity index (χ3n) is 3.82. The van der Waals surface area contributed by atoms with Crippen LogP contribution in [0, 0.1) is 6.92 Å². The lowest BCUT2D eigenvalue weighted by molar-refractivity contribution is 0.210. The van der Waals surface area contributed by atoms with Crippen LogP contribution in [0.1, 0.15) is 31.4 Å². The number of anilines is 1.